The molecular weight excluding hydrogens is 489 g/mol. The van der Waals surface area contributed by atoms with Crippen molar-refractivity contribution in [3.05, 3.63) is 55.7 Å². The summed E-state index contributed by atoms with van der Waals surface area (Å²) in [5.41, 5.74) is 2.87. The van der Waals surface area contributed by atoms with Crippen molar-refractivity contribution in [2.24, 2.45) is 0 Å². The molecule has 6 rings (SSSR count). The zero-order valence-electron chi connectivity index (χ0n) is 23.0. The first-order valence-electron chi connectivity index (χ1n) is 13.5. The summed E-state index contributed by atoms with van der Waals surface area (Å²) in [4.78, 5) is 33.3. The van der Waals surface area contributed by atoms with E-state index in [1.54, 1.807) is 18.7 Å². The molecule has 2 fully saturated rings. The van der Waals surface area contributed by atoms with E-state index in [2.05, 4.69) is 9.88 Å². The molecule has 38 heavy (non-hydrogen) atoms. The molecule has 1 spiro atoms. The Morgan fingerprint density at radius 2 is 1.84 bits per heavy atom. The largest absolute Gasteiger partial charge is 0.446 e. The van der Waals surface area contributed by atoms with Crippen LogP contribution in [0.5, 0.6) is 11.5 Å². The molecule has 204 valence electrons. The number of nitrogens with one attached hydrogen (secondary N) is 1. The highest BCUT2D eigenvalue weighted by atomic mass is 19.1. The molecule has 4 heterocycles. The Morgan fingerprint density at radius 1 is 1.13 bits per heavy atom. The number of likely N-dealkylation sites (N-methyl/N-ethyl adjacent to an activating group) is 1. The van der Waals surface area contributed by atoms with Gasteiger partial charge in [-0.05, 0) is 72.2 Å². The predicted molar refractivity (Wildman–Crippen MR) is 139 cm³/mol. The minimum Gasteiger partial charge on any atom is -0.446 e. The summed E-state index contributed by atoms with van der Waals surface area (Å²) in [5, 5.41) is 0. The number of hydrogen-bond acceptors (Lipinski definition) is 6. The predicted octanol–water partition coefficient (Wildman–Crippen LogP) is 3.72. The van der Waals surface area contributed by atoms with Crippen molar-refractivity contribution >= 4 is 5.91 Å². The van der Waals surface area contributed by atoms with Crippen LogP contribution in [0.1, 0.15) is 70.9 Å². The van der Waals surface area contributed by atoms with Gasteiger partial charge in [-0.25, -0.2) is 4.39 Å². The van der Waals surface area contributed by atoms with E-state index in [1.807, 2.05) is 34.0 Å². The van der Waals surface area contributed by atoms with Gasteiger partial charge in [0.15, 0.2) is 11.6 Å². The van der Waals surface area contributed by atoms with Gasteiger partial charge >= 0.3 is 0 Å². The molecule has 1 amide bonds. The van der Waals surface area contributed by atoms with E-state index in [0.717, 1.165) is 36.9 Å². The van der Waals surface area contributed by atoms with Crippen LogP contribution in [0, 0.1) is 26.6 Å². The number of aromatic nitrogens is 1. The summed E-state index contributed by atoms with van der Waals surface area (Å²) in [6.07, 6.45) is 2.83. The van der Waals surface area contributed by atoms with Crippen molar-refractivity contribution in [2.75, 3.05) is 27.2 Å². The number of H-pyrrole nitrogens is 1. The van der Waals surface area contributed by atoms with Gasteiger partial charge in [-0.15, -0.1) is 0 Å². The highest BCUT2D eigenvalue weighted by Gasteiger charge is 2.57. The lowest BCUT2D eigenvalue weighted by atomic mass is 9.83. The molecule has 1 N–H and O–H groups in total. The van der Waals surface area contributed by atoms with Gasteiger partial charge in [-0.2, -0.15) is 0 Å². The number of amides is 1. The molecular formula is C29H36FN3O5. The SMILES string of the molecule is Cc1cc(C)c(CN2CC3(CC3)c3c(F)c4c(c(C)c3C2=O)OC(C)([C@@H]2CC[C@@H](N(C)C)CO2)O4)c(=O)[nH]1. The summed E-state index contributed by atoms with van der Waals surface area (Å²) in [7, 11) is 4.06. The van der Waals surface area contributed by atoms with E-state index >= 15 is 4.39 Å². The van der Waals surface area contributed by atoms with Crippen molar-refractivity contribution < 1.29 is 23.4 Å². The first kappa shape index (κ1) is 25.4. The van der Waals surface area contributed by atoms with Crippen LogP contribution in [-0.2, 0) is 16.7 Å². The Balaban J connectivity index is 1.35. The third-order valence-electron chi connectivity index (χ3n) is 8.99. The van der Waals surface area contributed by atoms with E-state index in [0.29, 0.717) is 41.4 Å². The molecule has 1 aromatic heterocycles. The lowest BCUT2D eigenvalue weighted by molar-refractivity contribution is -0.191. The maximum Gasteiger partial charge on any atom is 0.275 e. The van der Waals surface area contributed by atoms with E-state index < -0.39 is 17.0 Å². The van der Waals surface area contributed by atoms with Crippen LogP contribution in [0.3, 0.4) is 0 Å². The molecule has 0 bridgehead atoms. The standard InChI is InChI=1S/C29H36FN3O5/c1-15-11-16(2)31-26(34)19(15)12-33-14-29(9-10-29)22-21(27(33)35)17(3)24-25(23(22)30)38-28(4,37-24)20-8-7-18(13-36-20)32(5)6/h11,18,20H,7-10,12-14H2,1-6H3,(H,31,34)/t18-,20+,28?/m1/s1. The average molecular weight is 526 g/mol. The van der Waals surface area contributed by atoms with Gasteiger partial charge in [0, 0.05) is 47.3 Å². The van der Waals surface area contributed by atoms with Crippen LogP contribution in [0.2, 0.25) is 0 Å². The number of carbonyl (C=O) groups excluding carboxylic acids is 1. The lowest BCUT2D eigenvalue weighted by Gasteiger charge is -2.38. The monoisotopic (exact) mass is 525 g/mol. The van der Waals surface area contributed by atoms with Gasteiger partial charge in [-0.1, -0.05) is 0 Å². The number of nitrogens with zero attached hydrogens (tertiary/aromatic N) is 2. The van der Waals surface area contributed by atoms with Crippen molar-refractivity contribution in [1.29, 1.82) is 0 Å². The first-order chi connectivity index (χ1) is 17.9. The van der Waals surface area contributed by atoms with Crippen molar-refractivity contribution in [2.45, 2.75) is 83.3 Å². The highest BCUT2D eigenvalue weighted by molar-refractivity contribution is 6.00. The Hall–Kier alpha value is -2.91. The Bertz CT molecular complexity index is 1390. The van der Waals surface area contributed by atoms with Gasteiger partial charge in [0.25, 0.3) is 17.3 Å². The molecule has 4 aliphatic rings. The van der Waals surface area contributed by atoms with Crippen LogP contribution in [0.4, 0.5) is 4.39 Å². The summed E-state index contributed by atoms with van der Waals surface area (Å²) < 4.78 is 35.0. The first-order valence-corrected chi connectivity index (χ1v) is 13.5. The molecule has 3 aliphatic heterocycles. The summed E-state index contributed by atoms with van der Waals surface area (Å²) in [6, 6.07) is 2.22. The normalized spacial score (nSPS) is 27.3. The minimum atomic E-state index is -1.18. The zero-order valence-corrected chi connectivity index (χ0v) is 23.0. The van der Waals surface area contributed by atoms with Gasteiger partial charge in [-0.3, -0.25) is 9.59 Å². The number of ether oxygens (including phenoxy) is 3. The van der Waals surface area contributed by atoms with E-state index in [-0.39, 0.29) is 35.6 Å². The fraction of sp³-hybridized carbons (Fsp3) is 0.586. The fourth-order valence-corrected chi connectivity index (χ4v) is 6.52. The topological polar surface area (TPSA) is 84.1 Å². The molecule has 1 saturated carbocycles. The number of benzene rings is 1. The zero-order chi connectivity index (χ0) is 27.1. The molecule has 1 unspecified atom stereocenters. The van der Waals surface area contributed by atoms with Crippen LogP contribution >= 0.6 is 0 Å². The number of aryl methyl sites for hydroxylation is 2. The smallest absolute Gasteiger partial charge is 0.275 e. The Morgan fingerprint density at radius 3 is 2.45 bits per heavy atom. The number of fused-ring (bicyclic) bond motifs is 3. The van der Waals surface area contributed by atoms with Gasteiger partial charge < -0.3 is 29.0 Å². The fourth-order valence-electron chi connectivity index (χ4n) is 6.52. The number of hydrogen-bond donors (Lipinski definition) is 1. The highest BCUT2D eigenvalue weighted by Crippen LogP contribution is 2.59. The maximum absolute atomic E-state index is 16.3. The molecule has 9 heteroatoms. The number of halogens is 1. The number of pyridine rings is 1. The summed E-state index contributed by atoms with van der Waals surface area (Å²) in [6.45, 7) is 8.40. The van der Waals surface area contributed by atoms with Gasteiger partial charge in [0.1, 0.15) is 6.10 Å². The second-order valence-electron chi connectivity index (χ2n) is 12.0. The molecule has 8 nitrogen and oxygen atoms in total. The third kappa shape index (κ3) is 3.77. The Kier molecular flexibility index (Phi) is 5.71. The molecule has 1 saturated heterocycles. The molecule has 2 aromatic rings. The van der Waals surface area contributed by atoms with E-state index in [4.69, 9.17) is 14.2 Å². The number of aromatic amines is 1. The third-order valence-corrected chi connectivity index (χ3v) is 8.99. The van der Waals surface area contributed by atoms with Crippen LogP contribution in [0.25, 0.3) is 0 Å². The van der Waals surface area contributed by atoms with Crippen LogP contribution in [-0.4, -0.2) is 65.9 Å². The van der Waals surface area contributed by atoms with E-state index in [1.165, 1.54) is 0 Å². The second kappa shape index (κ2) is 8.55. The lowest BCUT2D eigenvalue weighted by Crippen LogP contribution is -2.53. The van der Waals surface area contributed by atoms with Crippen LogP contribution < -0.4 is 15.0 Å². The van der Waals surface area contributed by atoms with E-state index in [9.17, 15) is 9.59 Å². The number of rotatable bonds is 4. The van der Waals surface area contributed by atoms with Gasteiger partial charge in [0.05, 0.1) is 18.7 Å². The minimum absolute atomic E-state index is 0.0837. The van der Waals surface area contributed by atoms with Crippen molar-refractivity contribution in [1.82, 2.24) is 14.8 Å². The molecule has 3 atom stereocenters. The maximum atomic E-state index is 16.3. The summed E-state index contributed by atoms with van der Waals surface area (Å²) >= 11 is 0. The van der Waals surface area contributed by atoms with Crippen LogP contribution in [0.15, 0.2) is 10.9 Å². The molecule has 1 aliphatic carbocycles. The van der Waals surface area contributed by atoms with Gasteiger partial charge in [0.2, 0.25) is 5.75 Å². The Labute approximate surface area is 222 Å². The summed E-state index contributed by atoms with van der Waals surface area (Å²) in [5.74, 6) is -1.60. The average Bonchev–Trinajstić information content (AvgIpc) is 3.53. The number of carbonyl (C=O) groups is 1. The quantitative estimate of drug-likeness (QED) is 0.655. The molecule has 1 aromatic carbocycles. The van der Waals surface area contributed by atoms with Crippen molar-refractivity contribution in [3.63, 3.8) is 0 Å². The van der Waals surface area contributed by atoms with Crippen molar-refractivity contribution in [3.8, 4) is 11.5 Å². The molecule has 0 radical (unpaired) electrons. The second-order valence-corrected chi connectivity index (χ2v) is 12.0.